The average Bonchev–Trinajstić information content (AvgIpc) is 3.61. The molecule has 36 heavy (non-hydrogen) atoms. The van der Waals surface area contributed by atoms with E-state index in [0.29, 0.717) is 43.4 Å². The van der Waals surface area contributed by atoms with Crippen LogP contribution in [0.3, 0.4) is 0 Å². The molecule has 2 amide bonds. The Labute approximate surface area is 206 Å². The summed E-state index contributed by atoms with van der Waals surface area (Å²) in [7, 11) is 1.97. The van der Waals surface area contributed by atoms with Crippen LogP contribution in [0.2, 0.25) is 0 Å². The standard InChI is InChI=1S/C27H24N6O3/c1-33-9-7-17-15(6-8-28-25(17)33)14-2-4-21(24-18(14)10-29-27(24)35)31-23-5-3-16-19-12-36-13-20(19)26(34)30-11-22(16)32-23/h2-9,19-20H,10-13H2,1H3,(H,29,35)(H,30,34)(H,31,32)/t19-,20-/m1/s1. The summed E-state index contributed by atoms with van der Waals surface area (Å²) in [6.45, 7) is 1.81. The number of amides is 2. The third kappa shape index (κ3) is 3.12. The average molecular weight is 481 g/mol. The monoisotopic (exact) mass is 480 g/mol. The number of pyridine rings is 2. The number of rotatable bonds is 3. The van der Waals surface area contributed by atoms with E-state index in [-0.39, 0.29) is 23.7 Å². The second-order valence-corrected chi connectivity index (χ2v) is 9.55. The molecule has 1 aromatic carbocycles. The predicted molar refractivity (Wildman–Crippen MR) is 134 cm³/mol. The molecule has 9 heteroatoms. The number of hydrogen-bond acceptors (Lipinski definition) is 6. The first kappa shape index (κ1) is 21.1. The van der Waals surface area contributed by atoms with Gasteiger partial charge in [-0.15, -0.1) is 0 Å². The summed E-state index contributed by atoms with van der Waals surface area (Å²) in [5.41, 5.74) is 7.12. The molecule has 3 aliphatic rings. The predicted octanol–water partition coefficient (Wildman–Crippen LogP) is 2.98. The smallest absolute Gasteiger partial charge is 0.254 e. The molecule has 9 nitrogen and oxygen atoms in total. The zero-order valence-corrected chi connectivity index (χ0v) is 19.7. The maximum absolute atomic E-state index is 12.9. The molecule has 2 atom stereocenters. The van der Waals surface area contributed by atoms with Gasteiger partial charge < -0.3 is 25.3 Å². The molecule has 0 bridgehead atoms. The van der Waals surface area contributed by atoms with Crippen LogP contribution in [0.1, 0.15) is 33.1 Å². The second-order valence-electron chi connectivity index (χ2n) is 9.55. The maximum Gasteiger partial charge on any atom is 0.254 e. The minimum Gasteiger partial charge on any atom is -0.380 e. The first-order chi connectivity index (χ1) is 17.6. The van der Waals surface area contributed by atoms with Crippen molar-refractivity contribution in [2.24, 2.45) is 13.0 Å². The molecule has 180 valence electrons. The van der Waals surface area contributed by atoms with Gasteiger partial charge in [-0.2, -0.15) is 0 Å². The Balaban J connectivity index is 1.27. The molecule has 1 saturated heterocycles. The molecule has 0 spiro atoms. The molecule has 4 aromatic rings. The third-order valence-corrected chi connectivity index (χ3v) is 7.54. The summed E-state index contributed by atoms with van der Waals surface area (Å²) in [6, 6.07) is 12.0. The van der Waals surface area contributed by atoms with Gasteiger partial charge in [-0.3, -0.25) is 9.59 Å². The Hall–Kier alpha value is -4.24. The van der Waals surface area contributed by atoms with Crippen molar-refractivity contribution in [3.63, 3.8) is 0 Å². The number of aromatic nitrogens is 3. The largest absolute Gasteiger partial charge is 0.380 e. The number of benzene rings is 1. The summed E-state index contributed by atoms with van der Waals surface area (Å²) >= 11 is 0. The lowest BCUT2D eigenvalue weighted by Crippen LogP contribution is -2.30. The van der Waals surface area contributed by atoms with Crippen LogP contribution >= 0.6 is 0 Å². The van der Waals surface area contributed by atoms with E-state index in [1.165, 1.54) is 0 Å². The fourth-order valence-electron chi connectivity index (χ4n) is 5.72. The third-order valence-electron chi connectivity index (χ3n) is 7.54. The lowest BCUT2D eigenvalue weighted by molar-refractivity contribution is -0.125. The minimum absolute atomic E-state index is 0.0127. The highest BCUT2D eigenvalue weighted by Gasteiger charge is 2.38. The van der Waals surface area contributed by atoms with E-state index in [0.717, 1.165) is 39.0 Å². The van der Waals surface area contributed by atoms with Crippen LogP contribution in [0.25, 0.3) is 22.2 Å². The number of nitrogens with one attached hydrogen (secondary N) is 3. The normalized spacial score (nSPS) is 20.4. The fraction of sp³-hybridized carbons (Fsp3) is 0.259. The van der Waals surface area contributed by atoms with Crippen LogP contribution in [-0.2, 0) is 29.7 Å². The summed E-state index contributed by atoms with van der Waals surface area (Å²) < 4.78 is 7.58. The van der Waals surface area contributed by atoms with E-state index in [1.54, 1.807) is 6.20 Å². The highest BCUT2D eigenvalue weighted by molar-refractivity contribution is 6.07. The first-order valence-corrected chi connectivity index (χ1v) is 12.1. The number of carbonyl (C=O) groups excluding carboxylic acids is 2. The van der Waals surface area contributed by atoms with Gasteiger partial charge in [0.2, 0.25) is 5.91 Å². The van der Waals surface area contributed by atoms with Crippen LogP contribution in [-0.4, -0.2) is 39.6 Å². The van der Waals surface area contributed by atoms with Crippen LogP contribution in [0, 0.1) is 5.92 Å². The lowest BCUT2D eigenvalue weighted by Gasteiger charge is -2.17. The van der Waals surface area contributed by atoms with Gasteiger partial charge in [-0.25, -0.2) is 9.97 Å². The van der Waals surface area contributed by atoms with Gasteiger partial charge in [0.25, 0.3) is 5.91 Å². The fourth-order valence-corrected chi connectivity index (χ4v) is 5.72. The Kier molecular flexibility index (Phi) is 4.62. The van der Waals surface area contributed by atoms with E-state index >= 15 is 0 Å². The quantitative estimate of drug-likeness (QED) is 0.416. The Morgan fingerprint density at radius 1 is 1.00 bits per heavy atom. The Morgan fingerprint density at radius 2 is 1.89 bits per heavy atom. The molecule has 3 aliphatic heterocycles. The van der Waals surface area contributed by atoms with Crippen LogP contribution in [0.15, 0.2) is 48.8 Å². The lowest BCUT2D eigenvalue weighted by atomic mass is 9.88. The van der Waals surface area contributed by atoms with Gasteiger partial charge in [-0.1, -0.05) is 12.1 Å². The van der Waals surface area contributed by atoms with Gasteiger partial charge in [0, 0.05) is 37.3 Å². The van der Waals surface area contributed by atoms with E-state index < -0.39 is 0 Å². The van der Waals surface area contributed by atoms with Gasteiger partial charge in [0.15, 0.2) is 0 Å². The van der Waals surface area contributed by atoms with Gasteiger partial charge in [0.05, 0.1) is 42.6 Å². The number of fused-ring (bicyclic) bond motifs is 5. The molecule has 0 unspecified atom stereocenters. The molecule has 7 rings (SSSR count). The molecule has 3 N–H and O–H groups in total. The zero-order valence-electron chi connectivity index (χ0n) is 19.7. The molecular weight excluding hydrogens is 456 g/mol. The first-order valence-electron chi connectivity index (χ1n) is 12.1. The second kappa shape index (κ2) is 7.89. The summed E-state index contributed by atoms with van der Waals surface area (Å²) in [4.78, 5) is 34.7. The molecular formula is C27H24N6O3. The maximum atomic E-state index is 12.9. The highest BCUT2D eigenvalue weighted by Crippen LogP contribution is 2.39. The summed E-state index contributed by atoms with van der Waals surface area (Å²) in [5, 5.41) is 10.4. The molecule has 6 heterocycles. The highest BCUT2D eigenvalue weighted by atomic mass is 16.5. The van der Waals surface area contributed by atoms with Crippen molar-refractivity contribution in [3.05, 3.63) is 71.2 Å². The Morgan fingerprint density at radius 3 is 2.81 bits per heavy atom. The van der Waals surface area contributed by atoms with E-state index in [4.69, 9.17) is 9.72 Å². The van der Waals surface area contributed by atoms with Crippen molar-refractivity contribution in [1.29, 1.82) is 0 Å². The van der Waals surface area contributed by atoms with Crippen molar-refractivity contribution in [1.82, 2.24) is 25.2 Å². The number of hydrogen-bond donors (Lipinski definition) is 3. The van der Waals surface area contributed by atoms with Gasteiger partial charge >= 0.3 is 0 Å². The van der Waals surface area contributed by atoms with Crippen LogP contribution in [0.4, 0.5) is 11.5 Å². The van der Waals surface area contributed by atoms with E-state index in [1.807, 2.05) is 48.1 Å². The van der Waals surface area contributed by atoms with Crippen molar-refractivity contribution in [2.45, 2.75) is 19.0 Å². The molecule has 3 aromatic heterocycles. The SMILES string of the molecule is Cn1ccc2c(-c3ccc(Nc4ccc5c(n4)CNC(=O)[C@@H]4COC[C@H]54)c4c3CNC4=O)ccnc21. The summed E-state index contributed by atoms with van der Waals surface area (Å²) in [5.74, 6) is 0.382. The zero-order chi connectivity index (χ0) is 24.4. The Bertz CT molecular complexity index is 1580. The van der Waals surface area contributed by atoms with Crippen molar-refractivity contribution < 1.29 is 14.3 Å². The van der Waals surface area contributed by atoms with E-state index in [2.05, 4.69) is 27.0 Å². The number of ether oxygens (including phenoxy) is 1. The number of nitrogens with zero attached hydrogens (tertiary/aromatic N) is 3. The van der Waals surface area contributed by atoms with Gasteiger partial charge in [-0.05, 0) is 46.5 Å². The number of anilines is 2. The number of carbonyl (C=O) groups is 2. The number of aryl methyl sites for hydroxylation is 1. The molecule has 0 radical (unpaired) electrons. The van der Waals surface area contributed by atoms with Crippen molar-refractivity contribution in [3.8, 4) is 11.1 Å². The van der Waals surface area contributed by atoms with Crippen molar-refractivity contribution in [2.75, 3.05) is 18.5 Å². The van der Waals surface area contributed by atoms with Crippen LogP contribution < -0.4 is 16.0 Å². The molecule has 0 saturated carbocycles. The molecule has 1 fully saturated rings. The summed E-state index contributed by atoms with van der Waals surface area (Å²) in [6.07, 6.45) is 3.80. The van der Waals surface area contributed by atoms with E-state index in [9.17, 15) is 9.59 Å². The van der Waals surface area contributed by atoms with Crippen LogP contribution in [0.5, 0.6) is 0 Å². The molecule has 0 aliphatic carbocycles. The minimum atomic E-state index is -0.171. The topological polar surface area (TPSA) is 110 Å². The van der Waals surface area contributed by atoms with Gasteiger partial charge in [0.1, 0.15) is 11.5 Å². The van der Waals surface area contributed by atoms with Crippen molar-refractivity contribution >= 4 is 34.4 Å².